The zero-order chi connectivity index (χ0) is 14.3. The maximum absolute atomic E-state index is 14.2. The molecule has 108 valence electrons. The summed E-state index contributed by atoms with van der Waals surface area (Å²) < 4.78 is 19.1. The summed E-state index contributed by atoms with van der Waals surface area (Å²) in [6, 6.07) is 1.70. The molecule has 0 aliphatic heterocycles. The normalized spacial score (nSPS) is 11.6. The van der Waals surface area contributed by atoms with Gasteiger partial charge in [-0.15, -0.1) is 0 Å². The molecule has 0 saturated carbocycles. The van der Waals surface area contributed by atoms with Crippen LogP contribution < -0.4 is 10.6 Å². The van der Waals surface area contributed by atoms with Crippen molar-refractivity contribution in [3.63, 3.8) is 0 Å². The van der Waals surface area contributed by atoms with Crippen LogP contribution in [0.4, 0.5) is 10.2 Å². The van der Waals surface area contributed by atoms with E-state index >= 15 is 0 Å². The third-order valence-corrected chi connectivity index (χ3v) is 2.60. The van der Waals surface area contributed by atoms with Gasteiger partial charge in [0.05, 0.1) is 0 Å². The van der Waals surface area contributed by atoms with Gasteiger partial charge in [-0.3, -0.25) is 0 Å². The molecule has 1 aromatic rings. The highest BCUT2D eigenvalue weighted by Crippen LogP contribution is 2.15. The van der Waals surface area contributed by atoms with Crippen LogP contribution in [-0.4, -0.2) is 30.8 Å². The number of hydrogen-bond donors (Lipinski definition) is 2. The van der Waals surface area contributed by atoms with Crippen LogP contribution in [0.3, 0.4) is 0 Å². The number of hydrogen-bond acceptors (Lipinski definition) is 4. The summed E-state index contributed by atoms with van der Waals surface area (Å²) in [5.74, 6) is 0.0287. The van der Waals surface area contributed by atoms with Gasteiger partial charge in [-0.1, -0.05) is 0 Å². The Balaban J connectivity index is 2.59. The van der Waals surface area contributed by atoms with Crippen LogP contribution in [0.15, 0.2) is 12.3 Å². The average molecular weight is 269 g/mol. The largest absolute Gasteiger partial charge is 0.385 e. The molecule has 0 aromatic carbocycles. The second-order valence-electron chi connectivity index (χ2n) is 5.51. The van der Waals surface area contributed by atoms with E-state index in [1.165, 1.54) is 0 Å². The minimum atomic E-state index is -0.281. The highest BCUT2D eigenvalue weighted by Gasteiger charge is 2.13. The lowest BCUT2D eigenvalue weighted by molar-refractivity contribution is 0.197. The van der Waals surface area contributed by atoms with Crippen molar-refractivity contribution in [2.45, 2.75) is 39.3 Å². The maximum Gasteiger partial charge on any atom is 0.169 e. The molecule has 0 atom stereocenters. The minimum absolute atomic E-state index is 0.0399. The van der Waals surface area contributed by atoms with Crippen molar-refractivity contribution < 1.29 is 9.13 Å². The smallest absolute Gasteiger partial charge is 0.169 e. The molecule has 0 aliphatic rings. The molecule has 0 unspecified atom stereocenters. The standard InChI is InChI=1S/C14H24FN3O/c1-14(2,3)18-10-11-6-8-17-13(12(11)15)16-7-5-9-19-4/h6,8,18H,5,7,9-10H2,1-4H3,(H,16,17). The Morgan fingerprint density at radius 1 is 1.37 bits per heavy atom. The SMILES string of the molecule is COCCCNc1nccc(CNC(C)(C)C)c1F. The van der Waals surface area contributed by atoms with Crippen molar-refractivity contribution in [3.8, 4) is 0 Å². The van der Waals surface area contributed by atoms with Crippen LogP contribution in [0.25, 0.3) is 0 Å². The lowest BCUT2D eigenvalue weighted by atomic mass is 10.1. The van der Waals surface area contributed by atoms with Gasteiger partial charge in [-0.25, -0.2) is 9.37 Å². The number of rotatable bonds is 7. The second-order valence-corrected chi connectivity index (χ2v) is 5.51. The molecule has 5 heteroatoms. The topological polar surface area (TPSA) is 46.2 Å². The van der Waals surface area contributed by atoms with Crippen LogP contribution in [0.5, 0.6) is 0 Å². The van der Waals surface area contributed by atoms with Crippen molar-refractivity contribution in [2.24, 2.45) is 0 Å². The van der Waals surface area contributed by atoms with Crippen LogP contribution in [0, 0.1) is 5.82 Å². The second kappa shape index (κ2) is 7.40. The first-order valence-corrected chi connectivity index (χ1v) is 6.55. The quantitative estimate of drug-likeness (QED) is 0.747. The van der Waals surface area contributed by atoms with Gasteiger partial charge < -0.3 is 15.4 Å². The molecule has 4 nitrogen and oxygen atoms in total. The van der Waals surface area contributed by atoms with E-state index in [2.05, 4.69) is 36.4 Å². The van der Waals surface area contributed by atoms with Crippen molar-refractivity contribution in [3.05, 3.63) is 23.6 Å². The van der Waals surface area contributed by atoms with E-state index in [1.807, 2.05) is 0 Å². The third-order valence-electron chi connectivity index (χ3n) is 2.60. The summed E-state index contributed by atoms with van der Waals surface area (Å²) in [5.41, 5.74) is 0.584. The molecule has 0 bridgehead atoms. The van der Waals surface area contributed by atoms with E-state index in [-0.39, 0.29) is 11.4 Å². The molecule has 2 N–H and O–H groups in total. The lowest BCUT2D eigenvalue weighted by Crippen LogP contribution is -2.35. The highest BCUT2D eigenvalue weighted by molar-refractivity contribution is 5.39. The summed E-state index contributed by atoms with van der Waals surface area (Å²) >= 11 is 0. The number of halogens is 1. The molecule has 1 aromatic heterocycles. The molecule has 1 rings (SSSR count). The summed E-state index contributed by atoms with van der Waals surface area (Å²) in [6.45, 7) is 7.94. The Hall–Kier alpha value is -1.20. The van der Waals surface area contributed by atoms with E-state index < -0.39 is 0 Å². The molecule has 0 radical (unpaired) electrons. The van der Waals surface area contributed by atoms with Crippen molar-refractivity contribution in [1.29, 1.82) is 0 Å². The summed E-state index contributed by atoms with van der Waals surface area (Å²) in [7, 11) is 1.65. The van der Waals surface area contributed by atoms with Crippen LogP contribution in [0.2, 0.25) is 0 Å². The lowest BCUT2D eigenvalue weighted by Gasteiger charge is -2.21. The first-order valence-electron chi connectivity index (χ1n) is 6.55. The Morgan fingerprint density at radius 2 is 2.11 bits per heavy atom. The summed E-state index contributed by atoms with van der Waals surface area (Å²) in [5, 5.41) is 6.26. The summed E-state index contributed by atoms with van der Waals surface area (Å²) in [6.07, 6.45) is 2.45. The molecule has 0 spiro atoms. The Labute approximate surface area is 114 Å². The fraction of sp³-hybridized carbons (Fsp3) is 0.643. The van der Waals surface area contributed by atoms with E-state index in [0.717, 1.165) is 6.42 Å². The predicted molar refractivity (Wildman–Crippen MR) is 75.8 cm³/mol. The van der Waals surface area contributed by atoms with Gasteiger partial charge >= 0.3 is 0 Å². The van der Waals surface area contributed by atoms with Crippen molar-refractivity contribution in [2.75, 3.05) is 25.6 Å². The zero-order valence-corrected chi connectivity index (χ0v) is 12.2. The number of aromatic nitrogens is 1. The molecule has 0 fully saturated rings. The van der Waals surface area contributed by atoms with Gasteiger partial charge in [0.15, 0.2) is 11.6 Å². The fourth-order valence-electron chi connectivity index (χ4n) is 1.53. The van der Waals surface area contributed by atoms with Gasteiger partial charge in [0, 0.05) is 44.1 Å². The van der Waals surface area contributed by atoms with E-state index in [4.69, 9.17) is 4.74 Å². The zero-order valence-electron chi connectivity index (χ0n) is 12.2. The highest BCUT2D eigenvalue weighted by atomic mass is 19.1. The Kier molecular flexibility index (Phi) is 6.18. The van der Waals surface area contributed by atoms with Gasteiger partial charge in [-0.05, 0) is 33.3 Å². The number of ether oxygens (including phenoxy) is 1. The van der Waals surface area contributed by atoms with E-state index in [9.17, 15) is 4.39 Å². The van der Waals surface area contributed by atoms with Crippen molar-refractivity contribution >= 4 is 5.82 Å². The number of anilines is 1. The fourth-order valence-corrected chi connectivity index (χ4v) is 1.53. The monoisotopic (exact) mass is 269 g/mol. The molecule has 0 saturated heterocycles. The third kappa shape index (κ3) is 5.98. The Bertz CT molecular complexity index is 391. The van der Waals surface area contributed by atoms with Crippen LogP contribution in [-0.2, 0) is 11.3 Å². The summed E-state index contributed by atoms with van der Waals surface area (Å²) in [4.78, 5) is 4.03. The molecule has 1 heterocycles. The van der Waals surface area contributed by atoms with E-state index in [0.29, 0.717) is 31.1 Å². The van der Waals surface area contributed by atoms with Gasteiger partial charge in [0.25, 0.3) is 0 Å². The number of pyridine rings is 1. The van der Waals surface area contributed by atoms with E-state index in [1.54, 1.807) is 19.4 Å². The number of methoxy groups -OCH3 is 1. The van der Waals surface area contributed by atoms with Gasteiger partial charge in [-0.2, -0.15) is 0 Å². The first kappa shape index (κ1) is 15.9. The van der Waals surface area contributed by atoms with Gasteiger partial charge in [0.2, 0.25) is 0 Å². The molecule has 0 aliphatic carbocycles. The molecular formula is C14H24FN3O. The van der Waals surface area contributed by atoms with Crippen molar-refractivity contribution in [1.82, 2.24) is 10.3 Å². The maximum atomic E-state index is 14.2. The predicted octanol–water partition coefficient (Wildman–Crippen LogP) is 2.56. The average Bonchev–Trinajstić information content (AvgIpc) is 2.34. The van der Waals surface area contributed by atoms with Gasteiger partial charge in [0.1, 0.15) is 0 Å². The number of nitrogens with zero attached hydrogens (tertiary/aromatic N) is 1. The van der Waals surface area contributed by atoms with Crippen LogP contribution in [0.1, 0.15) is 32.8 Å². The van der Waals surface area contributed by atoms with Crippen LogP contribution >= 0.6 is 0 Å². The Morgan fingerprint density at radius 3 is 2.74 bits per heavy atom. The number of nitrogens with one attached hydrogen (secondary N) is 2. The molecule has 0 amide bonds. The minimum Gasteiger partial charge on any atom is -0.385 e. The molecular weight excluding hydrogens is 245 g/mol. The molecule has 19 heavy (non-hydrogen) atoms. The first-order chi connectivity index (χ1) is 8.94.